The Bertz CT molecular complexity index is 964. The van der Waals surface area contributed by atoms with E-state index in [1.54, 1.807) is 0 Å². The highest BCUT2D eigenvalue weighted by Gasteiger charge is 2.23. The van der Waals surface area contributed by atoms with Crippen LogP contribution in [0.15, 0.2) is 60.7 Å². The minimum Gasteiger partial charge on any atom is -0.508 e. The number of phenolic OH excluding ortho intramolecular Hbond substituents is 1. The average Bonchev–Trinajstić information content (AvgIpc) is 3.08. The van der Waals surface area contributed by atoms with Gasteiger partial charge in [-0.1, -0.05) is 67.8 Å². The molecule has 5 rings (SSSR count). The van der Waals surface area contributed by atoms with Crippen LogP contribution in [0.5, 0.6) is 5.75 Å². The van der Waals surface area contributed by atoms with Gasteiger partial charge < -0.3 is 5.11 Å². The minimum absolute atomic E-state index is 0.469. The molecule has 0 unspecified atom stereocenters. The van der Waals surface area contributed by atoms with Gasteiger partial charge in [0, 0.05) is 0 Å². The van der Waals surface area contributed by atoms with Crippen molar-refractivity contribution < 1.29 is 5.11 Å². The molecule has 130 valence electrons. The van der Waals surface area contributed by atoms with E-state index in [1.807, 2.05) is 6.07 Å². The maximum Gasteiger partial charge on any atom is 0.119 e. The Kier molecular flexibility index (Phi) is 3.81. The van der Waals surface area contributed by atoms with Crippen molar-refractivity contribution in [2.75, 3.05) is 0 Å². The van der Waals surface area contributed by atoms with E-state index < -0.39 is 0 Å². The van der Waals surface area contributed by atoms with Crippen LogP contribution in [-0.4, -0.2) is 5.11 Å². The molecule has 3 aromatic carbocycles. The van der Waals surface area contributed by atoms with Gasteiger partial charge in [0.05, 0.1) is 0 Å². The quantitative estimate of drug-likeness (QED) is 0.431. The third-order valence-electron chi connectivity index (χ3n) is 6.23. The fourth-order valence-electron chi connectivity index (χ4n) is 4.89. The Morgan fingerprint density at radius 2 is 1.50 bits per heavy atom. The Morgan fingerprint density at radius 1 is 0.731 bits per heavy atom. The fourth-order valence-corrected chi connectivity index (χ4v) is 4.89. The van der Waals surface area contributed by atoms with E-state index in [2.05, 4.69) is 54.6 Å². The zero-order chi connectivity index (χ0) is 17.5. The Morgan fingerprint density at radius 3 is 2.38 bits per heavy atom. The number of benzene rings is 3. The van der Waals surface area contributed by atoms with Gasteiger partial charge in [0.15, 0.2) is 0 Å². The SMILES string of the molecule is Oc1ccc(-c2cccc3c2Cc2ccccc2-3)cc1C1CCCCC1. The molecule has 0 aromatic heterocycles. The first-order valence-corrected chi connectivity index (χ1v) is 9.85. The maximum atomic E-state index is 10.5. The number of hydrogen-bond acceptors (Lipinski definition) is 1. The highest BCUT2D eigenvalue weighted by atomic mass is 16.3. The van der Waals surface area contributed by atoms with Crippen LogP contribution in [0.4, 0.5) is 0 Å². The minimum atomic E-state index is 0.469. The molecule has 0 radical (unpaired) electrons. The lowest BCUT2D eigenvalue weighted by atomic mass is 9.82. The lowest BCUT2D eigenvalue weighted by Gasteiger charge is -2.23. The van der Waals surface area contributed by atoms with Crippen LogP contribution in [0.25, 0.3) is 22.3 Å². The van der Waals surface area contributed by atoms with Gasteiger partial charge in [-0.05, 0) is 76.3 Å². The van der Waals surface area contributed by atoms with Crippen molar-refractivity contribution in [2.45, 2.75) is 44.4 Å². The summed E-state index contributed by atoms with van der Waals surface area (Å²) in [4.78, 5) is 0. The molecule has 3 aromatic rings. The summed E-state index contributed by atoms with van der Waals surface area (Å²) in [5.41, 5.74) is 9.29. The van der Waals surface area contributed by atoms with Crippen LogP contribution in [0, 0.1) is 0 Å². The summed E-state index contributed by atoms with van der Waals surface area (Å²) in [5, 5.41) is 10.5. The molecule has 0 spiro atoms. The zero-order valence-corrected chi connectivity index (χ0v) is 15.0. The van der Waals surface area contributed by atoms with E-state index >= 15 is 0 Å². The van der Waals surface area contributed by atoms with Gasteiger partial charge >= 0.3 is 0 Å². The van der Waals surface area contributed by atoms with Crippen LogP contribution < -0.4 is 0 Å². The van der Waals surface area contributed by atoms with Gasteiger partial charge in [0.1, 0.15) is 5.75 Å². The van der Waals surface area contributed by atoms with Crippen molar-refractivity contribution in [3.8, 4) is 28.0 Å². The van der Waals surface area contributed by atoms with Crippen LogP contribution in [0.2, 0.25) is 0 Å². The topological polar surface area (TPSA) is 20.2 Å². The molecule has 0 aliphatic heterocycles. The summed E-state index contributed by atoms with van der Waals surface area (Å²) in [5.74, 6) is 0.981. The summed E-state index contributed by atoms with van der Waals surface area (Å²) in [6, 6.07) is 21.6. The number of phenols is 1. The number of hydrogen-bond donors (Lipinski definition) is 1. The molecule has 1 saturated carbocycles. The highest BCUT2D eigenvalue weighted by molar-refractivity contribution is 5.85. The van der Waals surface area contributed by atoms with Gasteiger partial charge in [0.25, 0.3) is 0 Å². The Hall–Kier alpha value is -2.54. The molecule has 0 saturated heterocycles. The summed E-state index contributed by atoms with van der Waals surface area (Å²) < 4.78 is 0. The third-order valence-corrected chi connectivity index (χ3v) is 6.23. The molecular formula is C25H24O. The lowest BCUT2D eigenvalue weighted by Crippen LogP contribution is -2.05. The van der Waals surface area contributed by atoms with Gasteiger partial charge in [-0.2, -0.15) is 0 Å². The largest absolute Gasteiger partial charge is 0.508 e. The van der Waals surface area contributed by atoms with Gasteiger partial charge in [-0.25, -0.2) is 0 Å². The first kappa shape index (κ1) is 15.7. The van der Waals surface area contributed by atoms with Gasteiger partial charge in [-0.3, -0.25) is 0 Å². The molecule has 0 atom stereocenters. The molecule has 1 fully saturated rings. The highest BCUT2D eigenvalue weighted by Crippen LogP contribution is 2.43. The molecule has 1 nitrogen and oxygen atoms in total. The second-order valence-electron chi connectivity index (χ2n) is 7.77. The van der Waals surface area contributed by atoms with E-state index in [-0.39, 0.29) is 0 Å². The van der Waals surface area contributed by atoms with Crippen LogP contribution >= 0.6 is 0 Å². The second-order valence-corrected chi connectivity index (χ2v) is 7.77. The summed E-state index contributed by atoms with van der Waals surface area (Å²) in [7, 11) is 0. The summed E-state index contributed by atoms with van der Waals surface area (Å²) in [6.07, 6.45) is 7.31. The zero-order valence-electron chi connectivity index (χ0n) is 15.0. The Labute approximate surface area is 155 Å². The van der Waals surface area contributed by atoms with Crippen molar-refractivity contribution in [3.05, 3.63) is 77.4 Å². The van der Waals surface area contributed by atoms with Gasteiger partial charge in [-0.15, -0.1) is 0 Å². The second kappa shape index (κ2) is 6.32. The van der Waals surface area contributed by atoms with Crippen LogP contribution in [-0.2, 0) is 6.42 Å². The maximum absolute atomic E-state index is 10.5. The predicted molar refractivity (Wildman–Crippen MR) is 108 cm³/mol. The van der Waals surface area contributed by atoms with Crippen molar-refractivity contribution in [1.29, 1.82) is 0 Å². The molecule has 0 bridgehead atoms. The summed E-state index contributed by atoms with van der Waals surface area (Å²) >= 11 is 0. The molecule has 2 aliphatic carbocycles. The molecule has 2 aliphatic rings. The van der Waals surface area contributed by atoms with E-state index in [9.17, 15) is 5.11 Å². The number of aromatic hydroxyl groups is 1. The van der Waals surface area contributed by atoms with E-state index in [0.29, 0.717) is 11.7 Å². The van der Waals surface area contributed by atoms with E-state index in [1.165, 1.54) is 65.5 Å². The molecule has 1 heteroatoms. The van der Waals surface area contributed by atoms with E-state index in [0.717, 1.165) is 12.0 Å². The van der Waals surface area contributed by atoms with Crippen molar-refractivity contribution >= 4 is 0 Å². The van der Waals surface area contributed by atoms with Crippen molar-refractivity contribution in [1.82, 2.24) is 0 Å². The van der Waals surface area contributed by atoms with E-state index in [4.69, 9.17) is 0 Å². The Balaban J connectivity index is 1.60. The molecule has 0 heterocycles. The predicted octanol–water partition coefficient (Wildman–Crippen LogP) is 6.68. The van der Waals surface area contributed by atoms with Crippen molar-refractivity contribution in [3.63, 3.8) is 0 Å². The number of rotatable bonds is 2. The molecular weight excluding hydrogens is 316 g/mol. The van der Waals surface area contributed by atoms with Gasteiger partial charge in [0.2, 0.25) is 0 Å². The normalized spacial score (nSPS) is 16.3. The molecule has 0 amide bonds. The third kappa shape index (κ3) is 2.54. The fraction of sp³-hybridized carbons (Fsp3) is 0.280. The first-order valence-electron chi connectivity index (χ1n) is 9.85. The standard InChI is InChI=1S/C25H24O/c26-25-14-13-19(15-23(25)17-7-2-1-3-8-17)21-11-6-12-22-20-10-5-4-9-18(20)16-24(21)22/h4-6,9-15,17,26H,1-3,7-8,16H2. The average molecular weight is 340 g/mol. The molecule has 26 heavy (non-hydrogen) atoms. The lowest BCUT2D eigenvalue weighted by molar-refractivity contribution is 0.414. The smallest absolute Gasteiger partial charge is 0.119 e. The van der Waals surface area contributed by atoms with Crippen molar-refractivity contribution in [2.24, 2.45) is 0 Å². The number of fused-ring (bicyclic) bond motifs is 3. The first-order chi connectivity index (χ1) is 12.8. The summed E-state index contributed by atoms with van der Waals surface area (Å²) in [6.45, 7) is 0. The van der Waals surface area contributed by atoms with Crippen LogP contribution in [0.3, 0.4) is 0 Å². The monoisotopic (exact) mass is 340 g/mol. The van der Waals surface area contributed by atoms with Crippen LogP contribution in [0.1, 0.15) is 54.7 Å². The molecule has 1 N–H and O–H groups in total.